The maximum Gasteiger partial charge on any atom is 0.246 e. The van der Waals surface area contributed by atoms with Crippen LogP contribution in [0.2, 0.25) is 0 Å². The number of rotatable bonds is 4. The van der Waals surface area contributed by atoms with Crippen molar-refractivity contribution in [3.63, 3.8) is 0 Å². The molecule has 1 aliphatic heterocycles. The maximum absolute atomic E-state index is 12.5. The smallest absolute Gasteiger partial charge is 0.246 e. The summed E-state index contributed by atoms with van der Waals surface area (Å²) in [5.41, 5.74) is 4.36. The third-order valence-corrected chi connectivity index (χ3v) is 4.38. The summed E-state index contributed by atoms with van der Waals surface area (Å²) in [7, 11) is 0. The molecule has 1 heterocycles. The van der Waals surface area contributed by atoms with Gasteiger partial charge in [0.25, 0.3) is 0 Å². The minimum Gasteiger partial charge on any atom is -0.339 e. The third kappa shape index (κ3) is 4.02. The van der Waals surface area contributed by atoms with E-state index < -0.39 is 0 Å². The summed E-state index contributed by atoms with van der Waals surface area (Å²) in [5.74, 6) is 0.125. The minimum absolute atomic E-state index is 0.125. The van der Waals surface area contributed by atoms with Crippen molar-refractivity contribution < 1.29 is 4.79 Å². The van der Waals surface area contributed by atoms with Crippen LogP contribution < -0.4 is 0 Å². The minimum atomic E-state index is 0.125. The number of hydrogen-bond donors (Lipinski definition) is 0. The molecule has 1 saturated heterocycles. The molecule has 0 saturated carbocycles. The van der Waals surface area contributed by atoms with Crippen LogP contribution in [0, 0.1) is 0 Å². The number of likely N-dealkylation sites (tertiary alicyclic amines) is 1. The molecule has 0 radical (unpaired) electrons. The van der Waals surface area contributed by atoms with E-state index in [0.29, 0.717) is 0 Å². The lowest BCUT2D eigenvalue weighted by Gasteiger charge is -2.14. The van der Waals surface area contributed by atoms with Crippen molar-refractivity contribution in [1.82, 2.24) is 4.90 Å². The highest BCUT2D eigenvalue weighted by molar-refractivity contribution is 5.97. The quantitative estimate of drug-likeness (QED) is 0.451. The second-order valence-corrected chi connectivity index (χ2v) is 6.19. The lowest BCUT2D eigenvalue weighted by atomic mass is 9.96. The molecule has 2 aromatic carbocycles. The van der Waals surface area contributed by atoms with Crippen molar-refractivity contribution in [2.24, 2.45) is 0 Å². The summed E-state index contributed by atoms with van der Waals surface area (Å²) < 4.78 is 0. The molecule has 0 aliphatic carbocycles. The van der Waals surface area contributed by atoms with Crippen LogP contribution in [-0.4, -0.2) is 23.9 Å². The Labute approximate surface area is 144 Å². The van der Waals surface area contributed by atoms with Gasteiger partial charge in [0.15, 0.2) is 0 Å². The van der Waals surface area contributed by atoms with Crippen molar-refractivity contribution >= 4 is 17.6 Å². The number of amides is 1. The second-order valence-electron chi connectivity index (χ2n) is 6.19. The Bertz CT molecular complexity index is 738. The van der Waals surface area contributed by atoms with E-state index in [9.17, 15) is 4.79 Å². The zero-order valence-electron chi connectivity index (χ0n) is 14.1. The Hall–Kier alpha value is -2.61. The number of benzene rings is 2. The number of allylic oxidation sites excluding steroid dienone is 2. The SMILES string of the molecule is CC(=C/C(=O)N1CCCC1)/C(=C\c1ccccc1)c1ccccc1. The van der Waals surface area contributed by atoms with Gasteiger partial charge in [-0.25, -0.2) is 0 Å². The van der Waals surface area contributed by atoms with Gasteiger partial charge in [0.2, 0.25) is 5.91 Å². The Kier molecular flexibility index (Phi) is 5.27. The molecule has 0 atom stereocenters. The highest BCUT2D eigenvalue weighted by atomic mass is 16.2. The van der Waals surface area contributed by atoms with Crippen LogP contribution in [0.4, 0.5) is 0 Å². The first-order chi connectivity index (χ1) is 11.7. The van der Waals surface area contributed by atoms with Gasteiger partial charge in [-0.2, -0.15) is 0 Å². The fourth-order valence-electron chi connectivity index (χ4n) is 3.05. The Morgan fingerprint density at radius 2 is 1.50 bits per heavy atom. The number of hydrogen-bond acceptors (Lipinski definition) is 1. The van der Waals surface area contributed by atoms with E-state index in [-0.39, 0.29) is 5.91 Å². The van der Waals surface area contributed by atoms with Crippen LogP contribution in [-0.2, 0) is 4.79 Å². The zero-order valence-corrected chi connectivity index (χ0v) is 14.1. The average molecular weight is 317 g/mol. The molecule has 122 valence electrons. The largest absolute Gasteiger partial charge is 0.339 e. The predicted octanol–water partition coefficient (Wildman–Crippen LogP) is 4.80. The summed E-state index contributed by atoms with van der Waals surface area (Å²) in [6, 6.07) is 20.5. The van der Waals surface area contributed by atoms with Gasteiger partial charge in [-0.1, -0.05) is 60.7 Å². The van der Waals surface area contributed by atoms with Crippen molar-refractivity contribution in [2.75, 3.05) is 13.1 Å². The van der Waals surface area contributed by atoms with Crippen molar-refractivity contribution in [2.45, 2.75) is 19.8 Å². The standard InChI is InChI=1S/C22H23NO/c1-18(16-22(24)23-14-8-9-15-23)21(20-12-6-3-7-13-20)17-19-10-4-2-5-11-19/h2-7,10-13,16-17H,8-9,14-15H2,1H3/b18-16-,21-17+. The van der Waals surface area contributed by atoms with Crippen molar-refractivity contribution in [1.29, 1.82) is 0 Å². The van der Waals surface area contributed by atoms with Crippen LogP contribution in [0.5, 0.6) is 0 Å². The van der Waals surface area contributed by atoms with E-state index in [4.69, 9.17) is 0 Å². The Morgan fingerprint density at radius 1 is 0.917 bits per heavy atom. The number of carbonyl (C=O) groups is 1. The van der Waals surface area contributed by atoms with Crippen molar-refractivity contribution in [3.8, 4) is 0 Å². The molecule has 2 heteroatoms. The molecule has 24 heavy (non-hydrogen) atoms. The average Bonchev–Trinajstić information content (AvgIpc) is 3.16. The fourth-order valence-corrected chi connectivity index (χ4v) is 3.05. The molecule has 2 nitrogen and oxygen atoms in total. The van der Waals surface area contributed by atoms with Gasteiger partial charge in [0.1, 0.15) is 0 Å². The van der Waals surface area contributed by atoms with Gasteiger partial charge < -0.3 is 4.90 Å². The maximum atomic E-state index is 12.5. The summed E-state index contributed by atoms with van der Waals surface area (Å²) in [6.07, 6.45) is 6.17. The van der Waals surface area contributed by atoms with Gasteiger partial charge >= 0.3 is 0 Å². The molecule has 1 amide bonds. The lowest BCUT2D eigenvalue weighted by molar-refractivity contribution is -0.125. The number of carbonyl (C=O) groups excluding carboxylic acids is 1. The van der Waals surface area contributed by atoms with Crippen LogP contribution in [0.3, 0.4) is 0 Å². The van der Waals surface area contributed by atoms with Crippen LogP contribution in [0.1, 0.15) is 30.9 Å². The first-order valence-corrected chi connectivity index (χ1v) is 8.54. The Morgan fingerprint density at radius 3 is 2.12 bits per heavy atom. The van der Waals surface area contributed by atoms with E-state index in [2.05, 4.69) is 30.3 Å². The molecule has 2 aromatic rings. The third-order valence-electron chi connectivity index (χ3n) is 4.38. The summed E-state index contributed by atoms with van der Waals surface area (Å²) in [5, 5.41) is 0. The van der Waals surface area contributed by atoms with E-state index in [1.54, 1.807) is 6.08 Å². The summed E-state index contributed by atoms with van der Waals surface area (Å²) >= 11 is 0. The Balaban J connectivity index is 1.95. The van der Waals surface area contributed by atoms with E-state index in [1.807, 2.05) is 48.2 Å². The van der Waals surface area contributed by atoms with Gasteiger partial charge in [0, 0.05) is 19.2 Å². The zero-order chi connectivity index (χ0) is 16.8. The molecule has 1 fully saturated rings. The summed E-state index contributed by atoms with van der Waals surface area (Å²) in [4.78, 5) is 14.4. The lowest BCUT2D eigenvalue weighted by Crippen LogP contribution is -2.25. The number of nitrogens with zero attached hydrogens (tertiary/aromatic N) is 1. The molecule has 3 rings (SSSR count). The van der Waals surface area contributed by atoms with Crippen LogP contribution >= 0.6 is 0 Å². The van der Waals surface area contributed by atoms with E-state index in [1.165, 1.54) is 0 Å². The second kappa shape index (κ2) is 7.78. The van der Waals surface area contributed by atoms with Crippen LogP contribution in [0.15, 0.2) is 72.3 Å². The topological polar surface area (TPSA) is 20.3 Å². The first kappa shape index (κ1) is 16.3. The van der Waals surface area contributed by atoms with E-state index >= 15 is 0 Å². The van der Waals surface area contributed by atoms with Crippen LogP contribution in [0.25, 0.3) is 11.6 Å². The predicted molar refractivity (Wildman–Crippen MR) is 100 cm³/mol. The molecule has 0 aromatic heterocycles. The molecule has 0 unspecified atom stereocenters. The monoisotopic (exact) mass is 317 g/mol. The highest BCUT2D eigenvalue weighted by Crippen LogP contribution is 2.26. The van der Waals surface area contributed by atoms with E-state index in [0.717, 1.165) is 48.2 Å². The molecular weight excluding hydrogens is 294 g/mol. The molecular formula is C22H23NO. The fraction of sp³-hybridized carbons (Fsp3) is 0.227. The van der Waals surface area contributed by atoms with Gasteiger partial charge in [-0.3, -0.25) is 4.79 Å². The van der Waals surface area contributed by atoms with Crippen molar-refractivity contribution in [3.05, 3.63) is 83.4 Å². The highest BCUT2D eigenvalue weighted by Gasteiger charge is 2.16. The molecule has 0 bridgehead atoms. The molecule has 1 aliphatic rings. The van der Waals surface area contributed by atoms with Gasteiger partial charge in [0.05, 0.1) is 0 Å². The van der Waals surface area contributed by atoms with Gasteiger partial charge in [-0.05, 0) is 48.1 Å². The molecule has 0 spiro atoms. The summed E-state index contributed by atoms with van der Waals surface area (Å²) in [6.45, 7) is 3.78. The first-order valence-electron chi connectivity index (χ1n) is 8.54. The normalized spacial score (nSPS) is 15.6. The van der Waals surface area contributed by atoms with Gasteiger partial charge in [-0.15, -0.1) is 0 Å². The molecule has 0 N–H and O–H groups in total.